The maximum absolute atomic E-state index is 10.1. The van der Waals surface area contributed by atoms with Crippen molar-refractivity contribution in [1.29, 1.82) is 0 Å². The molecule has 2 aromatic heterocycles. The van der Waals surface area contributed by atoms with Crippen LogP contribution in [-0.2, 0) is 19.9 Å². The molecule has 0 radical (unpaired) electrons. The Hall–Kier alpha value is -1.20. The molecule has 0 aliphatic rings. The lowest BCUT2D eigenvalue weighted by Gasteiger charge is -2.09. The Kier molecular flexibility index (Phi) is 3.59. The quantitative estimate of drug-likeness (QED) is 0.898. The molecule has 0 saturated carbocycles. The van der Waals surface area contributed by atoms with Gasteiger partial charge in [-0.15, -0.1) is 11.3 Å². The van der Waals surface area contributed by atoms with Crippen molar-refractivity contribution in [1.82, 2.24) is 14.8 Å². The third-order valence-electron chi connectivity index (χ3n) is 3.02. The van der Waals surface area contributed by atoms with Gasteiger partial charge in [0.05, 0.1) is 17.3 Å². The van der Waals surface area contributed by atoms with E-state index in [1.54, 1.807) is 16.8 Å². The van der Waals surface area contributed by atoms with Crippen LogP contribution in [0.25, 0.3) is 0 Å². The lowest BCUT2D eigenvalue weighted by atomic mass is 10.0. The van der Waals surface area contributed by atoms with Crippen molar-refractivity contribution in [2.45, 2.75) is 32.8 Å². The fraction of sp³-hybridized carbons (Fsp3) is 0.500. The van der Waals surface area contributed by atoms with Crippen molar-refractivity contribution in [2.75, 3.05) is 0 Å². The molecular weight excluding hydrogens is 234 g/mol. The van der Waals surface area contributed by atoms with Gasteiger partial charge in [0.2, 0.25) is 0 Å². The Morgan fingerprint density at radius 2 is 2.18 bits per heavy atom. The predicted octanol–water partition coefficient (Wildman–Crippen LogP) is 1.64. The molecule has 4 nitrogen and oxygen atoms in total. The highest BCUT2D eigenvalue weighted by molar-refractivity contribution is 7.09. The number of hydrogen-bond acceptors (Lipinski definition) is 4. The average molecular weight is 251 g/mol. The molecule has 1 unspecified atom stereocenters. The van der Waals surface area contributed by atoms with Crippen molar-refractivity contribution in [3.8, 4) is 0 Å². The number of nitrogens with zero attached hydrogens (tertiary/aromatic N) is 3. The third-order valence-corrected chi connectivity index (χ3v) is 3.82. The summed E-state index contributed by atoms with van der Waals surface area (Å²) in [6, 6.07) is 0. The summed E-state index contributed by atoms with van der Waals surface area (Å²) in [5.41, 5.74) is 5.09. The molecule has 92 valence electrons. The normalized spacial score (nSPS) is 12.9. The second-order valence-electron chi connectivity index (χ2n) is 4.30. The summed E-state index contributed by atoms with van der Waals surface area (Å²) in [5, 5.41) is 14.4. The Bertz CT molecular complexity index is 490. The van der Waals surface area contributed by atoms with Crippen LogP contribution >= 0.6 is 11.3 Å². The smallest absolute Gasteiger partial charge is 0.0794 e. The second kappa shape index (κ2) is 4.98. The van der Waals surface area contributed by atoms with Gasteiger partial charge in [0.25, 0.3) is 0 Å². The lowest BCUT2D eigenvalue weighted by Crippen LogP contribution is -2.14. The molecule has 2 rings (SSSR count). The minimum atomic E-state index is -0.364. The maximum atomic E-state index is 10.1. The Balaban J connectivity index is 2.05. The average Bonchev–Trinajstić information content (AvgIpc) is 2.83. The van der Waals surface area contributed by atoms with Gasteiger partial charge in [0.1, 0.15) is 0 Å². The summed E-state index contributed by atoms with van der Waals surface area (Å²) in [6.45, 7) is 4.02. The van der Waals surface area contributed by atoms with Gasteiger partial charge < -0.3 is 5.11 Å². The van der Waals surface area contributed by atoms with E-state index in [-0.39, 0.29) is 6.10 Å². The van der Waals surface area contributed by atoms with E-state index in [9.17, 15) is 5.11 Å². The predicted molar refractivity (Wildman–Crippen MR) is 68.2 cm³/mol. The van der Waals surface area contributed by atoms with Gasteiger partial charge in [-0.25, -0.2) is 0 Å². The monoisotopic (exact) mass is 251 g/mol. The lowest BCUT2D eigenvalue weighted by molar-refractivity contribution is 0.176. The number of rotatable bonds is 4. The van der Waals surface area contributed by atoms with Crippen LogP contribution in [0, 0.1) is 13.8 Å². The number of hydrogen-bond donors (Lipinski definition) is 1. The first kappa shape index (κ1) is 12.3. The van der Waals surface area contributed by atoms with Gasteiger partial charge in [-0.1, -0.05) is 0 Å². The zero-order chi connectivity index (χ0) is 12.4. The van der Waals surface area contributed by atoms with Crippen LogP contribution in [0.1, 0.15) is 21.8 Å². The van der Waals surface area contributed by atoms with E-state index in [4.69, 9.17) is 0 Å². The first-order chi connectivity index (χ1) is 8.08. The largest absolute Gasteiger partial charge is 0.392 e. The molecule has 0 aliphatic heterocycles. The van der Waals surface area contributed by atoms with Crippen molar-refractivity contribution in [3.63, 3.8) is 0 Å². The highest BCUT2D eigenvalue weighted by atomic mass is 32.1. The van der Waals surface area contributed by atoms with Gasteiger partial charge in [0.15, 0.2) is 0 Å². The maximum Gasteiger partial charge on any atom is 0.0794 e. The van der Waals surface area contributed by atoms with Crippen molar-refractivity contribution < 1.29 is 5.11 Å². The number of aryl methyl sites for hydroxylation is 2. The Labute approximate surface area is 105 Å². The van der Waals surface area contributed by atoms with Crippen molar-refractivity contribution in [2.24, 2.45) is 7.05 Å². The Morgan fingerprint density at radius 3 is 2.71 bits per heavy atom. The van der Waals surface area contributed by atoms with Crippen LogP contribution in [0.15, 0.2) is 11.7 Å². The highest BCUT2D eigenvalue weighted by Crippen LogP contribution is 2.17. The fourth-order valence-electron chi connectivity index (χ4n) is 2.00. The van der Waals surface area contributed by atoms with E-state index in [1.165, 1.54) is 0 Å². The van der Waals surface area contributed by atoms with Crippen molar-refractivity contribution >= 4 is 11.3 Å². The van der Waals surface area contributed by atoms with E-state index in [2.05, 4.69) is 10.1 Å². The summed E-state index contributed by atoms with van der Waals surface area (Å²) < 4.78 is 1.87. The summed E-state index contributed by atoms with van der Waals surface area (Å²) in [5.74, 6) is 0. The zero-order valence-electron chi connectivity index (χ0n) is 10.3. The van der Waals surface area contributed by atoms with E-state index < -0.39 is 0 Å². The van der Waals surface area contributed by atoms with Gasteiger partial charge in [-0.2, -0.15) is 5.10 Å². The standard InChI is InChI=1S/C12H17N3OS/c1-8-12(9(2)15(3)14-8)5-10(16)4-11-6-13-7-17-11/h6-7,10,16H,4-5H2,1-3H3. The Morgan fingerprint density at radius 1 is 1.41 bits per heavy atom. The SMILES string of the molecule is Cc1nn(C)c(C)c1CC(O)Cc1cncs1. The molecule has 0 bridgehead atoms. The van der Waals surface area contributed by atoms with Gasteiger partial charge in [-0.05, 0) is 19.4 Å². The first-order valence-corrected chi connectivity index (χ1v) is 6.50. The van der Waals surface area contributed by atoms with E-state index in [0.29, 0.717) is 12.8 Å². The van der Waals surface area contributed by atoms with Gasteiger partial charge >= 0.3 is 0 Å². The summed E-state index contributed by atoms with van der Waals surface area (Å²) in [4.78, 5) is 5.13. The van der Waals surface area contributed by atoms with E-state index in [1.807, 2.05) is 31.8 Å². The molecule has 1 atom stereocenters. The first-order valence-electron chi connectivity index (χ1n) is 5.62. The van der Waals surface area contributed by atoms with Crippen LogP contribution in [0.4, 0.5) is 0 Å². The molecule has 1 N–H and O–H groups in total. The summed E-state index contributed by atoms with van der Waals surface area (Å²) in [7, 11) is 1.93. The molecule has 0 aliphatic carbocycles. The van der Waals surface area contributed by atoms with Gasteiger partial charge in [-0.3, -0.25) is 9.67 Å². The second-order valence-corrected chi connectivity index (χ2v) is 5.27. The minimum Gasteiger partial charge on any atom is -0.392 e. The summed E-state index contributed by atoms with van der Waals surface area (Å²) in [6.07, 6.45) is 2.77. The van der Waals surface area contributed by atoms with Crippen LogP contribution in [0.2, 0.25) is 0 Å². The van der Waals surface area contributed by atoms with Crippen LogP contribution in [0.5, 0.6) is 0 Å². The fourth-order valence-corrected chi connectivity index (χ4v) is 2.66. The van der Waals surface area contributed by atoms with E-state index in [0.717, 1.165) is 21.8 Å². The molecule has 5 heteroatoms. The molecule has 0 spiro atoms. The molecule has 2 heterocycles. The number of thiazole rings is 1. The van der Waals surface area contributed by atoms with Crippen LogP contribution < -0.4 is 0 Å². The van der Waals surface area contributed by atoms with Crippen LogP contribution in [0.3, 0.4) is 0 Å². The number of aromatic nitrogens is 3. The molecule has 0 fully saturated rings. The van der Waals surface area contributed by atoms with Gasteiger partial charge in [0, 0.05) is 36.7 Å². The van der Waals surface area contributed by atoms with Crippen LogP contribution in [-0.4, -0.2) is 26.0 Å². The molecule has 17 heavy (non-hydrogen) atoms. The van der Waals surface area contributed by atoms with E-state index >= 15 is 0 Å². The molecule has 0 aromatic carbocycles. The topological polar surface area (TPSA) is 50.9 Å². The third kappa shape index (κ3) is 2.73. The zero-order valence-corrected chi connectivity index (χ0v) is 11.2. The molecule has 0 saturated heterocycles. The number of aliphatic hydroxyl groups is 1. The highest BCUT2D eigenvalue weighted by Gasteiger charge is 2.14. The molecule has 0 amide bonds. The van der Waals surface area contributed by atoms with Crippen molar-refractivity contribution in [3.05, 3.63) is 33.5 Å². The number of aliphatic hydroxyl groups excluding tert-OH is 1. The minimum absolute atomic E-state index is 0.364. The molecular formula is C12H17N3OS. The molecule has 2 aromatic rings. The summed E-state index contributed by atoms with van der Waals surface area (Å²) >= 11 is 1.58.